The third-order valence-electron chi connectivity index (χ3n) is 1.97. The molecule has 0 fully saturated rings. The molecule has 0 spiro atoms. The van der Waals surface area contributed by atoms with Crippen LogP contribution in [0.1, 0.15) is 15.4 Å². The number of benzene rings is 1. The molecule has 0 aliphatic heterocycles. The van der Waals surface area contributed by atoms with E-state index in [2.05, 4.69) is 15.5 Å². The summed E-state index contributed by atoms with van der Waals surface area (Å²) in [5.41, 5.74) is 5.92. The van der Waals surface area contributed by atoms with Crippen molar-refractivity contribution in [1.82, 2.24) is 10.2 Å². The molecule has 0 bridgehead atoms. The van der Waals surface area contributed by atoms with Crippen molar-refractivity contribution in [3.05, 3.63) is 39.9 Å². The lowest BCUT2D eigenvalue weighted by Crippen LogP contribution is -2.11. The number of halogens is 1. The van der Waals surface area contributed by atoms with Crippen molar-refractivity contribution in [3.63, 3.8) is 0 Å². The molecule has 0 aliphatic rings. The molecule has 88 valence electrons. The zero-order chi connectivity index (χ0) is 12.3. The Labute approximate surface area is 107 Å². The van der Waals surface area contributed by atoms with Gasteiger partial charge in [-0.15, -0.1) is 10.2 Å². The maximum Gasteiger partial charge on any atom is 0.257 e. The number of anilines is 1. The summed E-state index contributed by atoms with van der Waals surface area (Å²) in [6, 6.07) is 6.59. The number of nitrogens with zero attached hydrogens (tertiary/aromatic N) is 2. The highest BCUT2D eigenvalue weighted by molar-refractivity contribution is 7.15. The van der Waals surface area contributed by atoms with Crippen molar-refractivity contribution >= 4 is 34.0 Å². The Bertz CT molecular complexity index is 525. The lowest BCUT2D eigenvalue weighted by atomic mass is 10.2. The summed E-state index contributed by atoms with van der Waals surface area (Å²) in [4.78, 5) is 11.8. The Hall–Kier alpha value is -1.50. The van der Waals surface area contributed by atoms with Gasteiger partial charge in [-0.1, -0.05) is 22.9 Å². The number of amides is 1. The van der Waals surface area contributed by atoms with Gasteiger partial charge in [-0.25, -0.2) is 0 Å². The molecular formula is C10H9ClN4OS. The smallest absolute Gasteiger partial charge is 0.257 e. The van der Waals surface area contributed by atoms with E-state index in [9.17, 15) is 4.79 Å². The monoisotopic (exact) mass is 268 g/mol. The van der Waals surface area contributed by atoms with Crippen LogP contribution in [0.4, 0.5) is 5.13 Å². The van der Waals surface area contributed by atoms with Gasteiger partial charge in [-0.2, -0.15) is 0 Å². The molecule has 1 aromatic heterocycles. The van der Waals surface area contributed by atoms with Crippen LogP contribution >= 0.6 is 22.9 Å². The predicted molar refractivity (Wildman–Crippen MR) is 67.2 cm³/mol. The number of rotatable bonds is 3. The number of nitrogens with one attached hydrogen (secondary N) is 1. The van der Waals surface area contributed by atoms with Gasteiger partial charge in [0.15, 0.2) is 0 Å². The molecular weight excluding hydrogens is 260 g/mol. The predicted octanol–water partition coefficient (Wildman–Crippen LogP) is 1.90. The molecule has 0 aliphatic carbocycles. The molecule has 0 saturated heterocycles. The summed E-state index contributed by atoms with van der Waals surface area (Å²) in [5.74, 6) is -0.249. The summed E-state index contributed by atoms with van der Waals surface area (Å²) >= 11 is 6.99. The molecule has 0 saturated carbocycles. The molecule has 0 atom stereocenters. The minimum absolute atomic E-state index is 0.249. The Morgan fingerprint density at radius 1 is 1.35 bits per heavy atom. The Balaban J connectivity index is 2.08. The minimum atomic E-state index is -0.249. The van der Waals surface area contributed by atoms with Crippen molar-refractivity contribution in [1.29, 1.82) is 0 Å². The highest BCUT2D eigenvalue weighted by Gasteiger charge is 2.09. The van der Waals surface area contributed by atoms with Crippen LogP contribution in [0.3, 0.4) is 0 Å². The number of carbonyl (C=O) groups excluding carboxylic acids is 1. The van der Waals surface area contributed by atoms with Gasteiger partial charge in [-0.3, -0.25) is 10.1 Å². The van der Waals surface area contributed by atoms with E-state index in [1.807, 2.05) is 0 Å². The Kier molecular flexibility index (Phi) is 3.68. The molecule has 1 amide bonds. The summed E-state index contributed by atoms with van der Waals surface area (Å²) in [6.45, 7) is 0.314. The van der Waals surface area contributed by atoms with E-state index in [4.69, 9.17) is 17.3 Å². The first-order valence-electron chi connectivity index (χ1n) is 4.78. The van der Waals surface area contributed by atoms with Crippen LogP contribution < -0.4 is 11.1 Å². The SMILES string of the molecule is NCc1nnc(NC(=O)c2ccc(Cl)cc2)s1. The highest BCUT2D eigenvalue weighted by atomic mass is 35.5. The standard InChI is InChI=1S/C10H9ClN4OS/c11-7-3-1-6(2-4-7)9(16)13-10-15-14-8(5-12)17-10/h1-4H,5,12H2,(H,13,15,16). The van der Waals surface area contributed by atoms with E-state index in [0.717, 1.165) is 0 Å². The van der Waals surface area contributed by atoms with E-state index in [0.29, 0.717) is 27.3 Å². The van der Waals surface area contributed by atoms with Crippen LogP contribution in [0.15, 0.2) is 24.3 Å². The minimum Gasteiger partial charge on any atom is -0.324 e. The molecule has 3 N–H and O–H groups in total. The topological polar surface area (TPSA) is 80.9 Å². The molecule has 17 heavy (non-hydrogen) atoms. The molecule has 0 radical (unpaired) electrons. The van der Waals surface area contributed by atoms with E-state index in [1.54, 1.807) is 24.3 Å². The van der Waals surface area contributed by atoms with Gasteiger partial charge in [0, 0.05) is 17.1 Å². The first kappa shape index (κ1) is 12.0. The maximum absolute atomic E-state index is 11.8. The summed E-state index contributed by atoms with van der Waals surface area (Å²) in [5, 5.41) is 11.9. The molecule has 0 unspecified atom stereocenters. The Morgan fingerprint density at radius 2 is 2.06 bits per heavy atom. The van der Waals surface area contributed by atoms with Crippen molar-refractivity contribution in [3.8, 4) is 0 Å². The van der Waals surface area contributed by atoms with E-state index in [-0.39, 0.29) is 5.91 Å². The number of hydrogen-bond donors (Lipinski definition) is 2. The van der Waals surface area contributed by atoms with Crippen molar-refractivity contribution < 1.29 is 4.79 Å². The zero-order valence-electron chi connectivity index (χ0n) is 8.68. The van der Waals surface area contributed by atoms with Crippen molar-refractivity contribution in [2.24, 2.45) is 5.73 Å². The van der Waals surface area contributed by atoms with Gasteiger partial charge in [0.1, 0.15) is 5.01 Å². The third kappa shape index (κ3) is 3.00. The van der Waals surface area contributed by atoms with Gasteiger partial charge in [0.2, 0.25) is 5.13 Å². The second kappa shape index (κ2) is 5.22. The van der Waals surface area contributed by atoms with Gasteiger partial charge >= 0.3 is 0 Å². The molecule has 7 heteroatoms. The average Bonchev–Trinajstić information content (AvgIpc) is 2.77. The van der Waals surface area contributed by atoms with Crippen LogP contribution in [0.5, 0.6) is 0 Å². The number of carbonyl (C=O) groups is 1. The number of nitrogens with two attached hydrogens (primary N) is 1. The van der Waals surface area contributed by atoms with Crippen LogP contribution in [0.25, 0.3) is 0 Å². The summed E-state index contributed by atoms with van der Waals surface area (Å²) in [6.07, 6.45) is 0. The van der Waals surface area contributed by atoms with E-state index < -0.39 is 0 Å². The second-order valence-electron chi connectivity index (χ2n) is 3.17. The van der Waals surface area contributed by atoms with Gasteiger partial charge in [0.25, 0.3) is 5.91 Å². The fraction of sp³-hybridized carbons (Fsp3) is 0.100. The first-order valence-corrected chi connectivity index (χ1v) is 5.98. The largest absolute Gasteiger partial charge is 0.324 e. The van der Waals surface area contributed by atoms with Crippen LogP contribution in [-0.4, -0.2) is 16.1 Å². The normalized spacial score (nSPS) is 10.2. The fourth-order valence-corrected chi connectivity index (χ4v) is 1.90. The van der Waals surface area contributed by atoms with Crippen molar-refractivity contribution in [2.75, 3.05) is 5.32 Å². The second-order valence-corrected chi connectivity index (χ2v) is 4.66. The average molecular weight is 269 g/mol. The summed E-state index contributed by atoms with van der Waals surface area (Å²) in [7, 11) is 0. The fourth-order valence-electron chi connectivity index (χ4n) is 1.16. The van der Waals surface area contributed by atoms with E-state index in [1.165, 1.54) is 11.3 Å². The molecule has 5 nitrogen and oxygen atoms in total. The zero-order valence-corrected chi connectivity index (χ0v) is 10.3. The van der Waals surface area contributed by atoms with Crippen LogP contribution in [0, 0.1) is 0 Å². The van der Waals surface area contributed by atoms with Crippen LogP contribution in [0.2, 0.25) is 5.02 Å². The van der Waals surface area contributed by atoms with E-state index >= 15 is 0 Å². The highest BCUT2D eigenvalue weighted by Crippen LogP contribution is 2.16. The molecule has 1 aromatic carbocycles. The molecule has 1 heterocycles. The lowest BCUT2D eigenvalue weighted by Gasteiger charge is -2.00. The third-order valence-corrected chi connectivity index (χ3v) is 3.08. The molecule has 2 rings (SSSR count). The van der Waals surface area contributed by atoms with Gasteiger partial charge in [-0.05, 0) is 24.3 Å². The van der Waals surface area contributed by atoms with Crippen LogP contribution in [-0.2, 0) is 6.54 Å². The number of aromatic nitrogens is 2. The molecule has 2 aromatic rings. The van der Waals surface area contributed by atoms with Crippen molar-refractivity contribution in [2.45, 2.75) is 6.54 Å². The maximum atomic E-state index is 11.8. The number of hydrogen-bond acceptors (Lipinski definition) is 5. The summed E-state index contributed by atoms with van der Waals surface area (Å²) < 4.78 is 0. The van der Waals surface area contributed by atoms with Gasteiger partial charge < -0.3 is 5.73 Å². The first-order chi connectivity index (χ1) is 8.19. The Morgan fingerprint density at radius 3 is 2.65 bits per heavy atom. The quantitative estimate of drug-likeness (QED) is 0.891. The van der Waals surface area contributed by atoms with Gasteiger partial charge in [0.05, 0.1) is 0 Å². The lowest BCUT2D eigenvalue weighted by molar-refractivity contribution is 0.102.